The number of hydrogen-bond acceptors (Lipinski definition) is 3. The first-order chi connectivity index (χ1) is 11.6. The Morgan fingerprint density at radius 2 is 1.38 bits per heavy atom. The standard InChI is InChI=1S/C18H21FN2O2S/c19-17-7-3-15(4-8-17)13-20-14-16-5-9-18(10-6-16)24(22,23)21-11-1-2-12-21/h3-10,20H,1-2,11-14H2. The second kappa shape index (κ2) is 7.42. The van der Waals surface area contributed by atoms with Crippen molar-refractivity contribution in [3.8, 4) is 0 Å². The highest BCUT2D eigenvalue weighted by Gasteiger charge is 2.26. The van der Waals surface area contributed by atoms with E-state index in [0.29, 0.717) is 31.1 Å². The fourth-order valence-electron chi connectivity index (χ4n) is 2.81. The molecule has 1 fully saturated rings. The molecule has 1 aliphatic heterocycles. The highest BCUT2D eigenvalue weighted by atomic mass is 32.2. The van der Waals surface area contributed by atoms with E-state index in [4.69, 9.17) is 0 Å². The Hall–Kier alpha value is -1.76. The van der Waals surface area contributed by atoms with Crippen LogP contribution in [0.1, 0.15) is 24.0 Å². The summed E-state index contributed by atoms with van der Waals surface area (Å²) < 4.78 is 39.3. The Labute approximate surface area is 142 Å². The van der Waals surface area contributed by atoms with Gasteiger partial charge in [-0.1, -0.05) is 24.3 Å². The molecule has 3 rings (SSSR count). The molecule has 128 valence electrons. The lowest BCUT2D eigenvalue weighted by molar-refractivity contribution is 0.477. The molecule has 0 amide bonds. The molecule has 0 unspecified atom stereocenters. The third-order valence-corrected chi connectivity index (χ3v) is 6.11. The number of sulfonamides is 1. The number of nitrogens with zero attached hydrogens (tertiary/aromatic N) is 1. The van der Waals surface area contributed by atoms with E-state index >= 15 is 0 Å². The van der Waals surface area contributed by atoms with Crippen LogP contribution in [0.4, 0.5) is 4.39 Å². The topological polar surface area (TPSA) is 49.4 Å². The zero-order chi connectivity index (χ0) is 17.0. The third-order valence-electron chi connectivity index (χ3n) is 4.20. The SMILES string of the molecule is O=S(=O)(c1ccc(CNCc2ccc(F)cc2)cc1)N1CCCC1. The van der Waals surface area contributed by atoms with Crippen molar-refractivity contribution < 1.29 is 12.8 Å². The maximum atomic E-state index is 12.8. The molecule has 0 saturated carbocycles. The fourth-order valence-corrected chi connectivity index (χ4v) is 4.33. The zero-order valence-corrected chi connectivity index (χ0v) is 14.2. The molecule has 1 saturated heterocycles. The average molecular weight is 348 g/mol. The van der Waals surface area contributed by atoms with Crippen LogP contribution in [0.15, 0.2) is 53.4 Å². The molecule has 2 aromatic rings. The van der Waals surface area contributed by atoms with Crippen LogP contribution in [0.2, 0.25) is 0 Å². The molecular formula is C18H21FN2O2S. The zero-order valence-electron chi connectivity index (χ0n) is 13.4. The average Bonchev–Trinajstić information content (AvgIpc) is 3.13. The third kappa shape index (κ3) is 4.01. The van der Waals surface area contributed by atoms with Crippen LogP contribution in [0.5, 0.6) is 0 Å². The molecule has 1 N–H and O–H groups in total. The van der Waals surface area contributed by atoms with Gasteiger partial charge in [-0.3, -0.25) is 0 Å². The van der Waals surface area contributed by atoms with Gasteiger partial charge in [0.2, 0.25) is 10.0 Å². The second-order valence-corrected chi connectivity index (χ2v) is 7.92. The minimum Gasteiger partial charge on any atom is -0.309 e. The van der Waals surface area contributed by atoms with E-state index < -0.39 is 10.0 Å². The van der Waals surface area contributed by atoms with Gasteiger partial charge in [-0.25, -0.2) is 12.8 Å². The van der Waals surface area contributed by atoms with Crippen LogP contribution in [0, 0.1) is 5.82 Å². The van der Waals surface area contributed by atoms with Gasteiger partial charge >= 0.3 is 0 Å². The summed E-state index contributed by atoms with van der Waals surface area (Å²) >= 11 is 0. The molecular weight excluding hydrogens is 327 g/mol. The first kappa shape index (κ1) is 17.1. The minimum atomic E-state index is -3.35. The summed E-state index contributed by atoms with van der Waals surface area (Å²) in [5.74, 6) is -0.242. The smallest absolute Gasteiger partial charge is 0.243 e. The van der Waals surface area contributed by atoms with E-state index in [0.717, 1.165) is 24.0 Å². The monoisotopic (exact) mass is 348 g/mol. The highest BCUT2D eigenvalue weighted by molar-refractivity contribution is 7.89. The largest absolute Gasteiger partial charge is 0.309 e. The van der Waals surface area contributed by atoms with Gasteiger partial charge in [0.1, 0.15) is 5.82 Å². The summed E-state index contributed by atoms with van der Waals surface area (Å²) in [5.41, 5.74) is 2.02. The predicted molar refractivity (Wildman–Crippen MR) is 91.4 cm³/mol. The van der Waals surface area contributed by atoms with Gasteiger partial charge in [0.05, 0.1) is 4.90 Å². The maximum absolute atomic E-state index is 12.8. The molecule has 1 heterocycles. The molecule has 0 radical (unpaired) electrons. The van der Waals surface area contributed by atoms with Crippen molar-refractivity contribution in [1.29, 1.82) is 0 Å². The van der Waals surface area contributed by atoms with E-state index in [9.17, 15) is 12.8 Å². The molecule has 6 heteroatoms. The molecule has 1 aliphatic rings. The van der Waals surface area contributed by atoms with Crippen LogP contribution >= 0.6 is 0 Å². The maximum Gasteiger partial charge on any atom is 0.243 e. The van der Waals surface area contributed by atoms with Gasteiger partial charge < -0.3 is 5.32 Å². The minimum absolute atomic E-state index is 0.242. The van der Waals surface area contributed by atoms with Crippen molar-refractivity contribution in [2.45, 2.75) is 30.8 Å². The molecule has 0 bridgehead atoms. The highest BCUT2D eigenvalue weighted by Crippen LogP contribution is 2.21. The molecule has 0 spiro atoms. The summed E-state index contributed by atoms with van der Waals surface area (Å²) in [6, 6.07) is 13.4. The molecule has 0 aromatic heterocycles. The lowest BCUT2D eigenvalue weighted by Gasteiger charge is -2.15. The predicted octanol–water partition coefficient (Wildman–Crippen LogP) is 2.90. The molecule has 2 aromatic carbocycles. The van der Waals surface area contributed by atoms with Crippen molar-refractivity contribution in [3.63, 3.8) is 0 Å². The molecule has 0 aliphatic carbocycles. The van der Waals surface area contributed by atoms with Gasteiger partial charge in [0, 0.05) is 26.2 Å². The number of nitrogens with one attached hydrogen (secondary N) is 1. The van der Waals surface area contributed by atoms with Gasteiger partial charge in [-0.2, -0.15) is 4.31 Å². The summed E-state index contributed by atoms with van der Waals surface area (Å²) in [4.78, 5) is 0.353. The summed E-state index contributed by atoms with van der Waals surface area (Å²) in [6.07, 6.45) is 1.87. The Morgan fingerprint density at radius 1 is 0.875 bits per heavy atom. The van der Waals surface area contributed by atoms with E-state index in [2.05, 4.69) is 5.32 Å². The van der Waals surface area contributed by atoms with Gasteiger partial charge in [0.15, 0.2) is 0 Å². The summed E-state index contributed by atoms with van der Waals surface area (Å²) in [5, 5.41) is 3.27. The van der Waals surface area contributed by atoms with E-state index in [1.807, 2.05) is 12.1 Å². The van der Waals surface area contributed by atoms with Crippen molar-refractivity contribution >= 4 is 10.0 Å². The van der Waals surface area contributed by atoms with Crippen LogP contribution < -0.4 is 5.32 Å². The Bertz CT molecular complexity index is 768. The fraction of sp³-hybridized carbons (Fsp3) is 0.333. The van der Waals surface area contributed by atoms with E-state index in [1.165, 1.54) is 12.1 Å². The van der Waals surface area contributed by atoms with E-state index in [-0.39, 0.29) is 5.82 Å². The number of benzene rings is 2. The van der Waals surface area contributed by atoms with Gasteiger partial charge in [-0.15, -0.1) is 0 Å². The molecule has 4 nitrogen and oxygen atoms in total. The lowest BCUT2D eigenvalue weighted by Crippen LogP contribution is -2.27. The Balaban J connectivity index is 1.57. The number of halogens is 1. The van der Waals surface area contributed by atoms with Crippen LogP contribution in [-0.2, 0) is 23.1 Å². The summed E-state index contributed by atoms with van der Waals surface area (Å²) in [6.45, 7) is 2.49. The molecule has 24 heavy (non-hydrogen) atoms. The lowest BCUT2D eigenvalue weighted by atomic mass is 10.2. The van der Waals surface area contributed by atoms with Crippen molar-refractivity contribution in [2.24, 2.45) is 0 Å². The first-order valence-electron chi connectivity index (χ1n) is 8.10. The normalized spacial score (nSPS) is 15.7. The van der Waals surface area contributed by atoms with Gasteiger partial charge in [-0.05, 0) is 48.2 Å². The number of hydrogen-bond donors (Lipinski definition) is 1. The Kier molecular flexibility index (Phi) is 5.28. The van der Waals surface area contributed by atoms with E-state index in [1.54, 1.807) is 28.6 Å². The molecule has 0 atom stereocenters. The van der Waals surface area contributed by atoms with Crippen molar-refractivity contribution in [3.05, 3.63) is 65.5 Å². The van der Waals surface area contributed by atoms with Crippen molar-refractivity contribution in [1.82, 2.24) is 9.62 Å². The van der Waals surface area contributed by atoms with Crippen LogP contribution in [0.3, 0.4) is 0 Å². The van der Waals surface area contributed by atoms with Crippen molar-refractivity contribution in [2.75, 3.05) is 13.1 Å². The van der Waals surface area contributed by atoms with Crippen LogP contribution in [0.25, 0.3) is 0 Å². The number of rotatable bonds is 6. The Morgan fingerprint density at radius 3 is 1.92 bits per heavy atom. The second-order valence-electron chi connectivity index (χ2n) is 5.99. The van der Waals surface area contributed by atoms with Crippen LogP contribution in [-0.4, -0.2) is 25.8 Å². The van der Waals surface area contributed by atoms with Gasteiger partial charge in [0.25, 0.3) is 0 Å². The quantitative estimate of drug-likeness (QED) is 0.873. The summed E-state index contributed by atoms with van der Waals surface area (Å²) in [7, 11) is -3.35. The first-order valence-corrected chi connectivity index (χ1v) is 9.54.